The molecule has 0 saturated carbocycles. The number of nitrogens with one attached hydrogen (secondary N) is 1. The molecule has 0 amide bonds. The second kappa shape index (κ2) is 3.50. The van der Waals surface area contributed by atoms with Crippen LogP contribution < -0.4 is 5.32 Å². The molecule has 1 unspecified atom stereocenters. The average Bonchev–Trinajstić information content (AvgIpc) is 2.05. The lowest BCUT2D eigenvalue weighted by Gasteiger charge is -1.99. The van der Waals surface area contributed by atoms with Crippen LogP contribution >= 0.6 is 0 Å². The van der Waals surface area contributed by atoms with Gasteiger partial charge in [0.05, 0.1) is 4.90 Å². The first-order valence-corrected chi connectivity index (χ1v) is 4.23. The summed E-state index contributed by atoms with van der Waals surface area (Å²) in [4.78, 5) is 0.414. The Hall–Kier alpha value is -0.870. The predicted molar refractivity (Wildman–Crippen MR) is 45.0 cm³/mol. The highest BCUT2D eigenvalue weighted by atomic mass is 32.2. The zero-order chi connectivity index (χ0) is 8.27. The first-order chi connectivity index (χ1) is 5.24. The summed E-state index contributed by atoms with van der Waals surface area (Å²) in [5.41, 5.74) is 0.838. The van der Waals surface area contributed by atoms with E-state index >= 15 is 0 Å². The van der Waals surface area contributed by atoms with E-state index in [0.717, 1.165) is 5.69 Å². The summed E-state index contributed by atoms with van der Waals surface area (Å²) in [7, 11) is 1.76. The van der Waals surface area contributed by atoms with E-state index in [2.05, 4.69) is 5.32 Å². The van der Waals surface area contributed by atoms with Crippen LogP contribution in [-0.2, 0) is 11.1 Å². The van der Waals surface area contributed by atoms with Crippen molar-refractivity contribution in [2.24, 2.45) is 0 Å². The molecule has 0 saturated heterocycles. The van der Waals surface area contributed by atoms with Crippen molar-refractivity contribution in [2.45, 2.75) is 4.90 Å². The van der Waals surface area contributed by atoms with Gasteiger partial charge in [-0.2, -0.15) is 0 Å². The highest BCUT2D eigenvalue weighted by molar-refractivity contribution is 7.79. The molecular formula is C7H9NO2S. The van der Waals surface area contributed by atoms with E-state index in [1.807, 2.05) is 6.07 Å². The van der Waals surface area contributed by atoms with Gasteiger partial charge < -0.3 is 9.87 Å². The molecule has 2 N–H and O–H groups in total. The molecule has 0 spiro atoms. The van der Waals surface area contributed by atoms with Gasteiger partial charge in [0.25, 0.3) is 0 Å². The molecular weight excluding hydrogens is 162 g/mol. The van der Waals surface area contributed by atoms with E-state index < -0.39 is 11.1 Å². The van der Waals surface area contributed by atoms with Gasteiger partial charge in [-0.3, -0.25) is 0 Å². The maximum absolute atomic E-state index is 10.6. The molecule has 0 radical (unpaired) electrons. The molecule has 1 atom stereocenters. The minimum Gasteiger partial charge on any atom is -0.388 e. The molecule has 4 heteroatoms. The number of rotatable bonds is 2. The van der Waals surface area contributed by atoms with Crippen LogP contribution in [0.15, 0.2) is 29.2 Å². The normalized spacial score (nSPS) is 12.5. The second-order valence-corrected chi connectivity index (χ2v) is 3.00. The highest BCUT2D eigenvalue weighted by Crippen LogP contribution is 2.11. The van der Waals surface area contributed by atoms with E-state index in [-0.39, 0.29) is 0 Å². The van der Waals surface area contributed by atoms with Crippen molar-refractivity contribution in [1.82, 2.24) is 0 Å². The Morgan fingerprint density at radius 2 is 2.27 bits per heavy atom. The average molecular weight is 171 g/mol. The van der Waals surface area contributed by atoms with E-state index in [1.54, 1.807) is 25.2 Å². The van der Waals surface area contributed by atoms with Crippen LogP contribution in [0.25, 0.3) is 0 Å². The Morgan fingerprint density at radius 3 is 2.82 bits per heavy atom. The second-order valence-electron chi connectivity index (χ2n) is 2.03. The monoisotopic (exact) mass is 171 g/mol. The van der Waals surface area contributed by atoms with Gasteiger partial charge in [0.1, 0.15) is 0 Å². The fraction of sp³-hybridized carbons (Fsp3) is 0.143. The Balaban J connectivity index is 3.01. The fourth-order valence-electron chi connectivity index (χ4n) is 0.760. The first kappa shape index (κ1) is 8.23. The minimum absolute atomic E-state index is 0.414. The summed E-state index contributed by atoms with van der Waals surface area (Å²) in [5, 5.41) is 2.88. The molecule has 3 nitrogen and oxygen atoms in total. The summed E-state index contributed by atoms with van der Waals surface area (Å²) in [5.74, 6) is 0. The summed E-state index contributed by atoms with van der Waals surface area (Å²) in [6.07, 6.45) is 0. The van der Waals surface area contributed by atoms with E-state index in [1.165, 1.54) is 0 Å². The Kier molecular flexibility index (Phi) is 2.62. The quantitative estimate of drug-likeness (QED) is 0.659. The lowest BCUT2D eigenvalue weighted by molar-refractivity contribution is 0.564. The van der Waals surface area contributed by atoms with Crippen LogP contribution in [0.1, 0.15) is 0 Å². The van der Waals surface area contributed by atoms with Crippen LogP contribution in [0.2, 0.25) is 0 Å². The number of anilines is 1. The smallest absolute Gasteiger partial charge is 0.186 e. The van der Waals surface area contributed by atoms with E-state index in [9.17, 15) is 4.21 Å². The van der Waals surface area contributed by atoms with Crippen molar-refractivity contribution in [3.63, 3.8) is 0 Å². The molecule has 0 aliphatic rings. The molecule has 0 aromatic heterocycles. The van der Waals surface area contributed by atoms with Gasteiger partial charge in [0.2, 0.25) is 0 Å². The molecule has 1 aromatic carbocycles. The summed E-state index contributed by atoms with van der Waals surface area (Å²) in [6.45, 7) is 0. The predicted octanol–water partition coefficient (Wildman–Crippen LogP) is 1.31. The van der Waals surface area contributed by atoms with Crippen molar-refractivity contribution in [3.05, 3.63) is 24.3 Å². The van der Waals surface area contributed by atoms with Crippen molar-refractivity contribution in [1.29, 1.82) is 0 Å². The molecule has 1 aromatic rings. The van der Waals surface area contributed by atoms with Crippen LogP contribution in [0.4, 0.5) is 5.69 Å². The van der Waals surface area contributed by atoms with Crippen molar-refractivity contribution < 1.29 is 8.76 Å². The van der Waals surface area contributed by atoms with Crippen LogP contribution in [-0.4, -0.2) is 15.8 Å². The van der Waals surface area contributed by atoms with E-state index in [4.69, 9.17) is 4.55 Å². The minimum atomic E-state index is -1.88. The summed E-state index contributed by atoms with van der Waals surface area (Å²) in [6, 6.07) is 6.80. The molecule has 0 bridgehead atoms. The third-order valence-electron chi connectivity index (χ3n) is 1.32. The van der Waals surface area contributed by atoms with Crippen molar-refractivity contribution in [2.75, 3.05) is 12.4 Å². The fourth-order valence-corrected chi connectivity index (χ4v) is 1.18. The van der Waals surface area contributed by atoms with Gasteiger partial charge in [0, 0.05) is 12.7 Å². The SMILES string of the molecule is CNc1cccc(S(=O)O)c1. The van der Waals surface area contributed by atoms with Crippen LogP contribution in [0.5, 0.6) is 0 Å². The largest absolute Gasteiger partial charge is 0.388 e. The molecule has 0 aliphatic carbocycles. The molecule has 11 heavy (non-hydrogen) atoms. The zero-order valence-electron chi connectivity index (χ0n) is 6.07. The number of hydrogen-bond acceptors (Lipinski definition) is 2. The molecule has 0 fully saturated rings. The summed E-state index contributed by atoms with van der Waals surface area (Å²) >= 11 is -1.88. The van der Waals surface area contributed by atoms with Crippen molar-refractivity contribution in [3.8, 4) is 0 Å². The number of benzene rings is 1. The Morgan fingerprint density at radius 1 is 1.55 bits per heavy atom. The highest BCUT2D eigenvalue weighted by Gasteiger charge is 1.98. The third-order valence-corrected chi connectivity index (χ3v) is 1.98. The van der Waals surface area contributed by atoms with Gasteiger partial charge in [-0.05, 0) is 18.2 Å². The molecule has 0 aliphatic heterocycles. The standard InChI is InChI=1S/C7H9NO2S/c1-8-6-3-2-4-7(5-6)11(9)10/h2-5,8H,1H3,(H,9,10). The van der Waals surface area contributed by atoms with Gasteiger partial charge in [-0.15, -0.1) is 0 Å². The third kappa shape index (κ3) is 2.03. The maximum Gasteiger partial charge on any atom is 0.186 e. The van der Waals surface area contributed by atoms with Crippen LogP contribution in [0, 0.1) is 0 Å². The van der Waals surface area contributed by atoms with Gasteiger partial charge in [-0.1, -0.05) is 6.07 Å². The first-order valence-electron chi connectivity index (χ1n) is 3.12. The zero-order valence-corrected chi connectivity index (χ0v) is 6.89. The van der Waals surface area contributed by atoms with Crippen LogP contribution in [0.3, 0.4) is 0 Å². The molecule has 0 heterocycles. The Bertz CT molecular complexity index is 275. The Labute approximate surface area is 67.7 Å². The van der Waals surface area contributed by atoms with E-state index in [0.29, 0.717) is 4.90 Å². The number of hydrogen-bond donors (Lipinski definition) is 2. The van der Waals surface area contributed by atoms with Gasteiger partial charge in [0.15, 0.2) is 11.1 Å². The molecule has 1 rings (SSSR count). The van der Waals surface area contributed by atoms with Crippen molar-refractivity contribution >= 4 is 16.8 Å². The molecule has 60 valence electrons. The lowest BCUT2D eigenvalue weighted by Crippen LogP contribution is -1.91. The topological polar surface area (TPSA) is 49.3 Å². The lowest BCUT2D eigenvalue weighted by atomic mass is 10.3. The van der Waals surface area contributed by atoms with Gasteiger partial charge in [-0.25, -0.2) is 4.21 Å². The summed E-state index contributed by atoms with van der Waals surface area (Å²) < 4.78 is 19.2. The maximum atomic E-state index is 10.6. The van der Waals surface area contributed by atoms with Gasteiger partial charge >= 0.3 is 0 Å².